The van der Waals surface area contributed by atoms with E-state index in [1.54, 1.807) is 0 Å². The zero-order valence-corrected chi connectivity index (χ0v) is 14.8. The van der Waals surface area contributed by atoms with E-state index < -0.39 is 0 Å². The number of carbonyl (C=O) groups excluding carboxylic acids is 1. The van der Waals surface area contributed by atoms with Gasteiger partial charge in [-0.2, -0.15) is 0 Å². The molecule has 0 aromatic heterocycles. The molecular formula is C20H29N3O. The van der Waals surface area contributed by atoms with Gasteiger partial charge in [0.2, 0.25) is 5.91 Å². The molecule has 4 nitrogen and oxygen atoms in total. The second-order valence-corrected chi connectivity index (χ2v) is 7.45. The number of para-hydroxylation sites is 2. The van der Waals surface area contributed by atoms with Crippen molar-refractivity contribution in [1.82, 2.24) is 4.90 Å². The Morgan fingerprint density at radius 3 is 2.42 bits per heavy atom. The molecule has 130 valence electrons. The molecule has 1 fully saturated rings. The van der Waals surface area contributed by atoms with E-state index in [1.165, 1.54) is 19.3 Å². The maximum absolute atomic E-state index is 13.2. The third kappa shape index (κ3) is 3.42. The minimum atomic E-state index is -0.165. The van der Waals surface area contributed by atoms with Crippen molar-refractivity contribution in [3.8, 4) is 0 Å². The molecule has 1 aliphatic heterocycles. The minimum absolute atomic E-state index is 0.165. The van der Waals surface area contributed by atoms with Crippen molar-refractivity contribution >= 4 is 17.3 Å². The van der Waals surface area contributed by atoms with Crippen LogP contribution in [0.15, 0.2) is 36.7 Å². The number of rotatable bonds is 4. The molecule has 1 amide bonds. The van der Waals surface area contributed by atoms with Crippen LogP contribution >= 0.6 is 0 Å². The summed E-state index contributed by atoms with van der Waals surface area (Å²) in [6, 6.07) is 8.00. The number of amides is 1. The zero-order valence-electron chi connectivity index (χ0n) is 14.8. The van der Waals surface area contributed by atoms with Crippen molar-refractivity contribution in [3.63, 3.8) is 0 Å². The molecule has 2 aliphatic rings. The highest BCUT2D eigenvalue weighted by molar-refractivity contribution is 5.90. The summed E-state index contributed by atoms with van der Waals surface area (Å²) in [7, 11) is 0. The Labute approximate surface area is 145 Å². The van der Waals surface area contributed by atoms with Crippen LogP contribution in [0.4, 0.5) is 11.4 Å². The van der Waals surface area contributed by atoms with E-state index in [0.29, 0.717) is 12.0 Å². The van der Waals surface area contributed by atoms with E-state index in [2.05, 4.69) is 24.9 Å². The summed E-state index contributed by atoms with van der Waals surface area (Å²) < 4.78 is 0. The number of carbonyl (C=O) groups is 1. The molecule has 1 saturated carbocycles. The molecule has 24 heavy (non-hydrogen) atoms. The Hall–Kier alpha value is -1.97. The first-order chi connectivity index (χ1) is 11.6. The fraction of sp³-hybridized carbons (Fsp3) is 0.550. The van der Waals surface area contributed by atoms with Crippen molar-refractivity contribution in [1.29, 1.82) is 0 Å². The van der Waals surface area contributed by atoms with Crippen LogP contribution in [0.3, 0.4) is 0 Å². The second-order valence-electron chi connectivity index (χ2n) is 7.45. The van der Waals surface area contributed by atoms with Crippen LogP contribution < -0.4 is 10.6 Å². The average Bonchev–Trinajstić information content (AvgIpc) is 2.58. The third-order valence-electron chi connectivity index (χ3n) is 5.14. The van der Waals surface area contributed by atoms with Crippen LogP contribution in [0.1, 0.15) is 52.4 Å². The molecule has 3 rings (SSSR count). The molecule has 1 aliphatic carbocycles. The highest BCUT2D eigenvalue weighted by atomic mass is 16.2. The first-order valence-electron chi connectivity index (χ1n) is 9.21. The molecule has 0 radical (unpaired) electrons. The molecule has 1 atom stereocenters. The molecule has 4 heteroatoms. The highest BCUT2D eigenvalue weighted by Gasteiger charge is 2.36. The molecule has 0 saturated heterocycles. The second kappa shape index (κ2) is 7.29. The van der Waals surface area contributed by atoms with Crippen molar-refractivity contribution in [2.45, 2.75) is 64.5 Å². The maximum atomic E-state index is 13.2. The molecule has 1 heterocycles. The van der Waals surface area contributed by atoms with Gasteiger partial charge in [-0.3, -0.25) is 4.79 Å². The van der Waals surface area contributed by atoms with E-state index >= 15 is 0 Å². The van der Waals surface area contributed by atoms with E-state index in [9.17, 15) is 4.79 Å². The number of nitrogens with zero attached hydrogens (tertiary/aromatic N) is 2. The van der Waals surface area contributed by atoms with Crippen molar-refractivity contribution in [3.05, 3.63) is 36.7 Å². The molecular weight excluding hydrogens is 298 g/mol. The molecule has 0 spiro atoms. The van der Waals surface area contributed by atoms with E-state index in [0.717, 1.165) is 30.6 Å². The SMILES string of the molecule is CC(C)CC1C(=O)N(C2CCCCC2)C=CN1c1ccccc1N. The number of anilines is 2. The zero-order chi connectivity index (χ0) is 17.1. The van der Waals surface area contributed by atoms with Crippen LogP contribution in [-0.2, 0) is 4.79 Å². The van der Waals surface area contributed by atoms with Crippen LogP contribution in [0.2, 0.25) is 0 Å². The first-order valence-corrected chi connectivity index (χ1v) is 9.21. The average molecular weight is 327 g/mol. The largest absolute Gasteiger partial charge is 0.397 e. The van der Waals surface area contributed by atoms with Crippen molar-refractivity contribution in [2.75, 3.05) is 10.6 Å². The lowest BCUT2D eigenvalue weighted by molar-refractivity contribution is -0.133. The van der Waals surface area contributed by atoms with Gasteiger partial charge in [-0.15, -0.1) is 0 Å². The molecule has 1 aromatic rings. The molecule has 1 unspecified atom stereocenters. The van der Waals surface area contributed by atoms with Crippen LogP contribution in [0.5, 0.6) is 0 Å². The normalized spacial score (nSPS) is 22.5. The van der Waals surface area contributed by atoms with Gasteiger partial charge < -0.3 is 15.5 Å². The van der Waals surface area contributed by atoms with Gasteiger partial charge in [0.25, 0.3) is 0 Å². The van der Waals surface area contributed by atoms with Crippen LogP contribution in [-0.4, -0.2) is 22.9 Å². The predicted octanol–water partition coefficient (Wildman–Crippen LogP) is 4.14. The fourth-order valence-electron chi connectivity index (χ4n) is 3.90. The van der Waals surface area contributed by atoms with Gasteiger partial charge in [0.1, 0.15) is 6.04 Å². The van der Waals surface area contributed by atoms with Gasteiger partial charge in [-0.05, 0) is 37.3 Å². The standard InChI is InChI=1S/C20H29N3O/c1-15(2)14-19-20(24)22(16-8-4-3-5-9-16)12-13-23(19)18-11-7-6-10-17(18)21/h6-7,10-13,15-16,19H,3-5,8-9,14,21H2,1-2H3. The predicted molar refractivity (Wildman–Crippen MR) is 99.4 cm³/mol. The van der Waals surface area contributed by atoms with Gasteiger partial charge >= 0.3 is 0 Å². The molecule has 1 aromatic carbocycles. The Balaban J connectivity index is 1.91. The van der Waals surface area contributed by atoms with Crippen LogP contribution in [0, 0.1) is 5.92 Å². The number of benzene rings is 1. The lowest BCUT2D eigenvalue weighted by atomic mass is 9.92. The van der Waals surface area contributed by atoms with Crippen molar-refractivity contribution in [2.24, 2.45) is 5.92 Å². The monoisotopic (exact) mass is 327 g/mol. The summed E-state index contributed by atoms with van der Waals surface area (Å²) in [5.41, 5.74) is 7.81. The van der Waals surface area contributed by atoms with Crippen LogP contribution in [0.25, 0.3) is 0 Å². The van der Waals surface area contributed by atoms with E-state index in [4.69, 9.17) is 5.73 Å². The number of nitrogen functional groups attached to an aromatic ring is 1. The number of nitrogens with two attached hydrogens (primary N) is 1. The smallest absolute Gasteiger partial charge is 0.249 e. The summed E-state index contributed by atoms with van der Waals surface area (Å²) in [6.45, 7) is 4.34. The Kier molecular flexibility index (Phi) is 5.12. The molecule has 2 N–H and O–H groups in total. The summed E-state index contributed by atoms with van der Waals surface area (Å²) >= 11 is 0. The highest BCUT2D eigenvalue weighted by Crippen LogP contribution is 2.33. The Bertz CT molecular complexity index is 605. The Morgan fingerprint density at radius 2 is 1.75 bits per heavy atom. The maximum Gasteiger partial charge on any atom is 0.249 e. The quantitative estimate of drug-likeness (QED) is 0.846. The minimum Gasteiger partial charge on any atom is -0.397 e. The van der Waals surface area contributed by atoms with Gasteiger partial charge in [-0.1, -0.05) is 45.2 Å². The first kappa shape index (κ1) is 16.9. The van der Waals surface area contributed by atoms with Crippen molar-refractivity contribution < 1.29 is 4.79 Å². The lowest BCUT2D eigenvalue weighted by Crippen LogP contribution is -2.52. The van der Waals surface area contributed by atoms with Gasteiger partial charge in [-0.25, -0.2) is 0 Å². The Morgan fingerprint density at radius 1 is 1.08 bits per heavy atom. The van der Waals surface area contributed by atoms with E-state index in [-0.39, 0.29) is 11.9 Å². The number of hydrogen-bond donors (Lipinski definition) is 1. The molecule has 0 bridgehead atoms. The fourth-order valence-corrected chi connectivity index (χ4v) is 3.90. The van der Waals surface area contributed by atoms with Gasteiger partial charge in [0.15, 0.2) is 0 Å². The number of hydrogen-bond acceptors (Lipinski definition) is 3. The van der Waals surface area contributed by atoms with Gasteiger partial charge in [0, 0.05) is 18.4 Å². The summed E-state index contributed by atoms with van der Waals surface area (Å²) in [4.78, 5) is 17.3. The lowest BCUT2D eigenvalue weighted by Gasteiger charge is -2.42. The van der Waals surface area contributed by atoms with Gasteiger partial charge in [0.05, 0.1) is 11.4 Å². The third-order valence-corrected chi connectivity index (χ3v) is 5.14. The summed E-state index contributed by atoms with van der Waals surface area (Å²) in [5, 5.41) is 0. The summed E-state index contributed by atoms with van der Waals surface area (Å²) in [6.07, 6.45) is 10.9. The van der Waals surface area contributed by atoms with E-state index in [1.807, 2.05) is 35.4 Å². The summed E-state index contributed by atoms with van der Waals surface area (Å²) in [5.74, 6) is 0.674. The topological polar surface area (TPSA) is 49.6 Å².